The Balaban J connectivity index is 1.52. The molecule has 0 aliphatic heterocycles. The summed E-state index contributed by atoms with van der Waals surface area (Å²) in [5.41, 5.74) is 2.50. The summed E-state index contributed by atoms with van der Waals surface area (Å²) in [6.07, 6.45) is 0.128. The molecule has 3 aromatic rings. The number of nitro groups is 1. The smallest absolute Gasteiger partial charge is 0.281 e. The van der Waals surface area contributed by atoms with Crippen molar-refractivity contribution in [3.8, 4) is 11.3 Å². The third kappa shape index (κ3) is 3.47. The molecule has 0 spiro atoms. The number of hydrogen-bond donors (Lipinski definition) is 2. The molecule has 1 aliphatic carbocycles. The predicted molar refractivity (Wildman–Crippen MR) is 102 cm³/mol. The molecule has 0 amide bonds. The first-order valence-corrected chi connectivity index (χ1v) is 8.93. The second-order valence-electron chi connectivity index (χ2n) is 6.51. The highest BCUT2D eigenvalue weighted by Crippen LogP contribution is 2.34. The Labute approximate surface area is 160 Å². The van der Waals surface area contributed by atoms with E-state index in [1.165, 1.54) is 6.07 Å². The summed E-state index contributed by atoms with van der Waals surface area (Å²) < 4.78 is 5.79. The van der Waals surface area contributed by atoms with Crippen molar-refractivity contribution in [2.75, 3.05) is 0 Å². The van der Waals surface area contributed by atoms with Gasteiger partial charge in [-0.2, -0.15) is 0 Å². The number of furan rings is 1. The molecule has 1 aliphatic rings. The zero-order valence-electron chi connectivity index (χ0n) is 14.3. The largest absolute Gasteiger partial charge is 0.459 e. The first-order chi connectivity index (χ1) is 13.0. The van der Waals surface area contributed by atoms with Gasteiger partial charge in [0.1, 0.15) is 11.5 Å². The lowest BCUT2D eigenvalue weighted by atomic mass is 10.1. The number of nitrogens with zero attached hydrogens (tertiary/aromatic N) is 1. The maximum Gasteiger partial charge on any atom is 0.281 e. The first-order valence-electron chi connectivity index (χ1n) is 8.55. The molecule has 138 valence electrons. The van der Waals surface area contributed by atoms with Crippen LogP contribution in [0.3, 0.4) is 0 Å². The van der Waals surface area contributed by atoms with Gasteiger partial charge in [0.05, 0.1) is 29.2 Å². The molecule has 2 aromatic carbocycles. The van der Waals surface area contributed by atoms with Crippen LogP contribution in [0.1, 0.15) is 22.9 Å². The number of aliphatic hydroxyl groups is 1. The van der Waals surface area contributed by atoms with Crippen LogP contribution in [-0.2, 0) is 13.0 Å². The van der Waals surface area contributed by atoms with E-state index in [4.69, 9.17) is 16.0 Å². The van der Waals surface area contributed by atoms with E-state index in [2.05, 4.69) is 5.32 Å². The van der Waals surface area contributed by atoms with E-state index in [9.17, 15) is 15.2 Å². The van der Waals surface area contributed by atoms with E-state index in [1.807, 2.05) is 24.3 Å². The minimum atomic E-state index is -0.491. The van der Waals surface area contributed by atoms with Crippen molar-refractivity contribution in [1.82, 2.24) is 5.32 Å². The van der Waals surface area contributed by atoms with Crippen molar-refractivity contribution < 1.29 is 14.4 Å². The van der Waals surface area contributed by atoms with E-state index in [-0.39, 0.29) is 11.7 Å². The molecule has 0 saturated carbocycles. The molecule has 7 heteroatoms. The maximum atomic E-state index is 11.3. The van der Waals surface area contributed by atoms with Crippen molar-refractivity contribution in [2.24, 2.45) is 0 Å². The lowest BCUT2D eigenvalue weighted by Crippen LogP contribution is -2.28. The molecule has 1 heterocycles. The fraction of sp³-hybridized carbons (Fsp3) is 0.200. The Hall–Kier alpha value is -2.67. The van der Waals surface area contributed by atoms with Gasteiger partial charge in [-0.05, 0) is 35.4 Å². The number of fused-ring (bicyclic) bond motifs is 1. The van der Waals surface area contributed by atoms with Gasteiger partial charge in [0.15, 0.2) is 0 Å². The molecule has 27 heavy (non-hydrogen) atoms. The van der Waals surface area contributed by atoms with E-state index in [0.29, 0.717) is 35.1 Å². The van der Waals surface area contributed by atoms with Crippen molar-refractivity contribution in [3.63, 3.8) is 0 Å². The molecule has 0 unspecified atom stereocenters. The fourth-order valence-corrected chi connectivity index (χ4v) is 3.68. The zero-order chi connectivity index (χ0) is 19.0. The minimum absolute atomic E-state index is 0.100. The Morgan fingerprint density at radius 1 is 1.22 bits per heavy atom. The van der Waals surface area contributed by atoms with Crippen molar-refractivity contribution in [1.29, 1.82) is 0 Å². The van der Waals surface area contributed by atoms with Gasteiger partial charge < -0.3 is 14.8 Å². The van der Waals surface area contributed by atoms with E-state index in [0.717, 1.165) is 11.1 Å². The summed E-state index contributed by atoms with van der Waals surface area (Å²) >= 11 is 5.86. The topological polar surface area (TPSA) is 88.5 Å². The van der Waals surface area contributed by atoms with Crippen molar-refractivity contribution >= 4 is 17.3 Å². The summed E-state index contributed by atoms with van der Waals surface area (Å²) in [7, 11) is 0. The number of nitro benzene ring substituents is 1. The number of rotatable bonds is 5. The van der Waals surface area contributed by atoms with Gasteiger partial charge in [0.2, 0.25) is 0 Å². The van der Waals surface area contributed by atoms with Gasteiger partial charge in [-0.1, -0.05) is 35.9 Å². The lowest BCUT2D eigenvalue weighted by Gasteiger charge is -2.17. The summed E-state index contributed by atoms with van der Waals surface area (Å²) in [5, 5.41) is 25.2. The number of benzene rings is 2. The van der Waals surface area contributed by atoms with Crippen LogP contribution < -0.4 is 5.32 Å². The van der Waals surface area contributed by atoms with Crippen molar-refractivity contribution in [3.05, 3.63) is 86.6 Å². The van der Waals surface area contributed by atoms with E-state index >= 15 is 0 Å². The van der Waals surface area contributed by atoms with Crippen LogP contribution in [0, 0.1) is 10.1 Å². The molecule has 2 atom stereocenters. The third-order valence-corrected chi connectivity index (χ3v) is 5.02. The highest BCUT2D eigenvalue weighted by molar-refractivity contribution is 6.30. The van der Waals surface area contributed by atoms with Crippen LogP contribution >= 0.6 is 11.6 Å². The number of hydrogen-bond acceptors (Lipinski definition) is 5. The normalized spacial score (nSPS) is 18.4. The van der Waals surface area contributed by atoms with Gasteiger partial charge in [-0.25, -0.2) is 0 Å². The highest BCUT2D eigenvalue weighted by Gasteiger charge is 2.30. The zero-order valence-corrected chi connectivity index (χ0v) is 15.0. The molecule has 1 aromatic heterocycles. The third-order valence-electron chi connectivity index (χ3n) is 4.78. The van der Waals surface area contributed by atoms with Gasteiger partial charge in [-0.15, -0.1) is 0 Å². The molecule has 6 nitrogen and oxygen atoms in total. The van der Waals surface area contributed by atoms with Gasteiger partial charge >= 0.3 is 0 Å². The first kappa shape index (κ1) is 17.7. The Morgan fingerprint density at radius 3 is 2.85 bits per heavy atom. The highest BCUT2D eigenvalue weighted by atomic mass is 35.5. The SMILES string of the molecule is O=[N+]([O-])c1cc(Cl)ccc1-c1ccc(CN[C@@H]2c3ccccc3C[C@@H]2O)o1. The molecular weight excluding hydrogens is 368 g/mol. The van der Waals surface area contributed by atoms with Gasteiger partial charge in [0.25, 0.3) is 5.69 Å². The van der Waals surface area contributed by atoms with Crippen LogP contribution in [0.2, 0.25) is 5.02 Å². The molecule has 0 bridgehead atoms. The van der Waals surface area contributed by atoms with Gasteiger partial charge in [0, 0.05) is 17.5 Å². The Kier molecular flexibility index (Phi) is 4.70. The van der Waals surface area contributed by atoms with Crippen LogP contribution in [-0.4, -0.2) is 16.1 Å². The van der Waals surface area contributed by atoms with Crippen LogP contribution in [0.5, 0.6) is 0 Å². The van der Waals surface area contributed by atoms with Crippen LogP contribution in [0.25, 0.3) is 11.3 Å². The monoisotopic (exact) mass is 384 g/mol. The van der Waals surface area contributed by atoms with Crippen LogP contribution in [0.4, 0.5) is 5.69 Å². The molecule has 4 rings (SSSR count). The van der Waals surface area contributed by atoms with Crippen LogP contribution in [0.15, 0.2) is 59.0 Å². The Morgan fingerprint density at radius 2 is 2.04 bits per heavy atom. The van der Waals surface area contributed by atoms with E-state index < -0.39 is 11.0 Å². The summed E-state index contributed by atoms with van der Waals surface area (Å²) in [4.78, 5) is 10.8. The standard InChI is InChI=1S/C20H17ClN2O4/c21-13-5-7-16(17(10-13)23(25)26)19-8-6-14(27-19)11-22-20-15-4-2-1-3-12(15)9-18(20)24/h1-8,10,18,20,22,24H,9,11H2/t18-,20+/m0/s1. The maximum absolute atomic E-state index is 11.3. The van der Waals surface area contributed by atoms with E-state index in [1.54, 1.807) is 24.3 Å². The lowest BCUT2D eigenvalue weighted by molar-refractivity contribution is -0.384. The van der Waals surface area contributed by atoms with Gasteiger partial charge in [-0.3, -0.25) is 10.1 Å². The van der Waals surface area contributed by atoms with Crippen molar-refractivity contribution in [2.45, 2.75) is 25.1 Å². The second-order valence-corrected chi connectivity index (χ2v) is 6.95. The molecule has 0 saturated heterocycles. The fourth-order valence-electron chi connectivity index (χ4n) is 3.51. The number of nitrogens with one attached hydrogen (secondary N) is 1. The number of halogens is 1. The molecule has 0 radical (unpaired) electrons. The predicted octanol–water partition coefficient (Wildman–Crippen LogP) is 4.26. The quantitative estimate of drug-likeness (QED) is 0.507. The summed E-state index contributed by atoms with van der Waals surface area (Å²) in [5.74, 6) is 1.04. The second kappa shape index (κ2) is 7.15. The molecule has 0 fully saturated rings. The summed E-state index contributed by atoms with van der Waals surface area (Å²) in [6, 6.07) is 15.7. The average Bonchev–Trinajstić information content (AvgIpc) is 3.23. The Bertz CT molecular complexity index is 1000. The molecular formula is C20H17ClN2O4. The average molecular weight is 385 g/mol. The number of aliphatic hydroxyl groups excluding tert-OH is 1. The summed E-state index contributed by atoms with van der Waals surface area (Å²) in [6.45, 7) is 0.400. The molecule has 2 N–H and O–H groups in total. The minimum Gasteiger partial charge on any atom is -0.459 e.